The minimum atomic E-state index is -0.112. The van der Waals surface area contributed by atoms with Crippen molar-refractivity contribution in [2.75, 3.05) is 19.8 Å². The molecule has 6 heteroatoms. The Bertz CT molecular complexity index is 909. The van der Waals surface area contributed by atoms with E-state index in [2.05, 4.69) is 15.5 Å². The summed E-state index contributed by atoms with van der Waals surface area (Å²) in [5, 5.41) is 11.1. The summed E-state index contributed by atoms with van der Waals surface area (Å²) < 4.78 is 11.0. The molecule has 0 aliphatic rings. The van der Waals surface area contributed by atoms with E-state index in [1.165, 1.54) is 0 Å². The monoisotopic (exact) mass is 377 g/mol. The number of benzene rings is 2. The lowest BCUT2D eigenvalue weighted by molar-refractivity contribution is 0.0946. The van der Waals surface area contributed by atoms with Crippen molar-refractivity contribution in [3.63, 3.8) is 0 Å². The molecule has 6 nitrogen and oxygen atoms in total. The van der Waals surface area contributed by atoms with E-state index in [1.807, 2.05) is 62.4 Å². The van der Waals surface area contributed by atoms with Crippen LogP contribution in [0, 0.1) is 6.92 Å². The maximum Gasteiger partial charge on any atom is 0.251 e. The first kappa shape index (κ1) is 19.4. The molecule has 0 bridgehead atoms. The Morgan fingerprint density at radius 3 is 2.43 bits per heavy atom. The summed E-state index contributed by atoms with van der Waals surface area (Å²) in [6, 6.07) is 18.8. The van der Waals surface area contributed by atoms with Crippen LogP contribution in [0.25, 0.3) is 11.3 Å². The molecule has 1 aromatic heterocycles. The molecule has 2 aromatic carbocycles. The number of nitrogens with one attached hydrogen (secondary N) is 1. The van der Waals surface area contributed by atoms with Crippen molar-refractivity contribution in [1.82, 2.24) is 15.5 Å². The molecule has 0 saturated heterocycles. The maximum absolute atomic E-state index is 12.1. The lowest BCUT2D eigenvalue weighted by Crippen LogP contribution is -2.28. The molecule has 3 rings (SSSR count). The summed E-state index contributed by atoms with van der Waals surface area (Å²) in [5.41, 5.74) is 3.31. The van der Waals surface area contributed by atoms with Gasteiger partial charge in [-0.05, 0) is 55.8 Å². The van der Waals surface area contributed by atoms with Crippen molar-refractivity contribution >= 4 is 5.91 Å². The van der Waals surface area contributed by atoms with E-state index in [0.717, 1.165) is 22.6 Å². The van der Waals surface area contributed by atoms with Crippen LogP contribution in [0.1, 0.15) is 22.8 Å². The zero-order chi connectivity index (χ0) is 19.8. The SMILES string of the molecule is CCOc1ccc(-c2ccc(OCCNC(=O)c3ccccc3C)nn2)cc1. The molecule has 0 spiro atoms. The van der Waals surface area contributed by atoms with Gasteiger partial charge in [0.1, 0.15) is 12.4 Å². The fourth-order valence-electron chi connectivity index (χ4n) is 2.68. The quantitative estimate of drug-likeness (QED) is 0.607. The van der Waals surface area contributed by atoms with E-state index in [0.29, 0.717) is 31.2 Å². The lowest BCUT2D eigenvalue weighted by Gasteiger charge is -2.09. The molecule has 144 valence electrons. The van der Waals surface area contributed by atoms with Gasteiger partial charge in [-0.25, -0.2) is 0 Å². The van der Waals surface area contributed by atoms with Crippen LogP contribution in [0.4, 0.5) is 0 Å². The van der Waals surface area contributed by atoms with Gasteiger partial charge in [0.05, 0.1) is 18.8 Å². The van der Waals surface area contributed by atoms with Gasteiger partial charge in [-0.15, -0.1) is 10.2 Å². The lowest BCUT2D eigenvalue weighted by atomic mass is 10.1. The van der Waals surface area contributed by atoms with Crippen molar-refractivity contribution in [1.29, 1.82) is 0 Å². The molecule has 1 N–H and O–H groups in total. The first-order valence-electron chi connectivity index (χ1n) is 9.21. The van der Waals surface area contributed by atoms with Crippen molar-refractivity contribution in [3.05, 3.63) is 71.8 Å². The molecule has 28 heavy (non-hydrogen) atoms. The summed E-state index contributed by atoms with van der Waals surface area (Å²) in [4.78, 5) is 12.1. The third kappa shape index (κ3) is 5.07. The second kappa shape index (κ2) is 9.50. The predicted octanol–water partition coefficient (Wildman–Crippen LogP) is 3.66. The van der Waals surface area contributed by atoms with Crippen molar-refractivity contribution in [3.8, 4) is 22.9 Å². The molecule has 0 fully saturated rings. The Labute approximate surface area is 164 Å². The predicted molar refractivity (Wildman–Crippen MR) is 108 cm³/mol. The molecule has 0 aliphatic heterocycles. The van der Waals surface area contributed by atoms with E-state index in [4.69, 9.17) is 9.47 Å². The number of rotatable bonds is 8. The van der Waals surface area contributed by atoms with Crippen molar-refractivity contribution in [2.45, 2.75) is 13.8 Å². The largest absolute Gasteiger partial charge is 0.494 e. The fourth-order valence-corrected chi connectivity index (χ4v) is 2.68. The van der Waals surface area contributed by atoms with Gasteiger partial charge in [-0.1, -0.05) is 18.2 Å². The number of carbonyl (C=O) groups excluding carboxylic acids is 1. The number of aromatic nitrogens is 2. The highest BCUT2D eigenvalue weighted by Crippen LogP contribution is 2.21. The second-order valence-corrected chi connectivity index (χ2v) is 6.13. The highest BCUT2D eigenvalue weighted by Gasteiger charge is 2.07. The number of aryl methyl sites for hydroxylation is 1. The van der Waals surface area contributed by atoms with E-state index in [9.17, 15) is 4.79 Å². The Morgan fingerprint density at radius 1 is 0.964 bits per heavy atom. The van der Waals surface area contributed by atoms with Gasteiger partial charge in [0.15, 0.2) is 0 Å². The van der Waals surface area contributed by atoms with Gasteiger partial charge >= 0.3 is 0 Å². The molecule has 1 heterocycles. The van der Waals surface area contributed by atoms with Gasteiger partial charge in [-0.2, -0.15) is 0 Å². The molecule has 0 aliphatic carbocycles. The number of nitrogens with zero attached hydrogens (tertiary/aromatic N) is 2. The summed E-state index contributed by atoms with van der Waals surface area (Å²) in [7, 11) is 0. The molecule has 0 radical (unpaired) electrons. The molecular weight excluding hydrogens is 354 g/mol. The average Bonchev–Trinajstić information content (AvgIpc) is 2.73. The smallest absolute Gasteiger partial charge is 0.251 e. The molecule has 3 aromatic rings. The number of hydrogen-bond acceptors (Lipinski definition) is 5. The van der Waals surface area contributed by atoms with Gasteiger partial charge in [0, 0.05) is 17.2 Å². The Kier molecular flexibility index (Phi) is 6.57. The van der Waals surface area contributed by atoms with Crippen LogP contribution in [-0.2, 0) is 0 Å². The fraction of sp³-hybridized carbons (Fsp3) is 0.227. The van der Waals surface area contributed by atoms with E-state index < -0.39 is 0 Å². The van der Waals surface area contributed by atoms with Crippen molar-refractivity contribution in [2.24, 2.45) is 0 Å². The number of amides is 1. The zero-order valence-corrected chi connectivity index (χ0v) is 16.0. The minimum absolute atomic E-state index is 0.112. The number of carbonyl (C=O) groups is 1. The Balaban J connectivity index is 1.48. The summed E-state index contributed by atoms with van der Waals surface area (Å²) >= 11 is 0. The van der Waals surface area contributed by atoms with Crippen LogP contribution in [0.3, 0.4) is 0 Å². The summed E-state index contributed by atoms with van der Waals surface area (Å²) in [5.74, 6) is 1.13. The summed E-state index contributed by atoms with van der Waals surface area (Å²) in [6.07, 6.45) is 0. The van der Waals surface area contributed by atoms with Crippen LogP contribution in [0.15, 0.2) is 60.7 Å². The highest BCUT2D eigenvalue weighted by atomic mass is 16.5. The third-order valence-corrected chi connectivity index (χ3v) is 4.13. The van der Waals surface area contributed by atoms with Crippen molar-refractivity contribution < 1.29 is 14.3 Å². The number of hydrogen-bond donors (Lipinski definition) is 1. The molecule has 0 atom stereocenters. The molecule has 0 saturated carbocycles. The number of ether oxygens (including phenoxy) is 2. The van der Waals surface area contributed by atoms with E-state index in [1.54, 1.807) is 12.1 Å². The van der Waals surface area contributed by atoms with Gasteiger partial charge in [-0.3, -0.25) is 4.79 Å². The summed E-state index contributed by atoms with van der Waals surface area (Å²) in [6.45, 7) is 5.19. The molecular formula is C22H23N3O3. The van der Waals surface area contributed by atoms with Crippen LogP contribution < -0.4 is 14.8 Å². The Morgan fingerprint density at radius 2 is 1.75 bits per heavy atom. The van der Waals surface area contributed by atoms with Gasteiger partial charge < -0.3 is 14.8 Å². The first-order valence-corrected chi connectivity index (χ1v) is 9.21. The van der Waals surface area contributed by atoms with Crippen LogP contribution in [0.5, 0.6) is 11.6 Å². The highest BCUT2D eigenvalue weighted by molar-refractivity contribution is 5.95. The average molecular weight is 377 g/mol. The topological polar surface area (TPSA) is 73.3 Å². The Hall–Kier alpha value is -3.41. The minimum Gasteiger partial charge on any atom is -0.494 e. The van der Waals surface area contributed by atoms with E-state index in [-0.39, 0.29) is 5.91 Å². The van der Waals surface area contributed by atoms with E-state index >= 15 is 0 Å². The third-order valence-electron chi connectivity index (χ3n) is 4.13. The first-order chi connectivity index (χ1) is 13.7. The maximum atomic E-state index is 12.1. The molecule has 0 unspecified atom stereocenters. The standard InChI is InChI=1S/C22H23N3O3/c1-3-27-18-10-8-17(9-11-18)20-12-13-21(25-24-20)28-15-14-23-22(26)19-7-5-4-6-16(19)2/h4-13H,3,14-15H2,1-2H3,(H,23,26). The van der Waals surface area contributed by atoms with Crippen LogP contribution in [0.2, 0.25) is 0 Å². The van der Waals surface area contributed by atoms with Crippen LogP contribution >= 0.6 is 0 Å². The zero-order valence-electron chi connectivity index (χ0n) is 16.0. The van der Waals surface area contributed by atoms with Gasteiger partial charge in [0.2, 0.25) is 5.88 Å². The van der Waals surface area contributed by atoms with Gasteiger partial charge in [0.25, 0.3) is 5.91 Å². The second-order valence-electron chi connectivity index (χ2n) is 6.13. The molecule has 1 amide bonds. The van der Waals surface area contributed by atoms with Crippen LogP contribution in [-0.4, -0.2) is 35.9 Å². The normalized spacial score (nSPS) is 10.4.